The molecule has 0 bridgehead atoms. The van der Waals surface area contributed by atoms with Crippen molar-refractivity contribution in [2.24, 2.45) is 0 Å². The van der Waals surface area contributed by atoms with Crippen LogP contribution in [0.2, 0.25) is 0 Å². The maximum atomic E-state index is 13.4. The van der Waals surface area contributed by atoms with Crippen molar-refractivity contribution in [2.45, 2.75) is 0 Å². The van der Waals surface area contributed by atoms with Crippen LogP contribution < -0.4 is 29.6 Å². The zero-order chi connectivity index (χ0) is 26.9. The molecule has 0 radical (unpaired) electrons. The molecule has 0 atom stereocenters. The van der Waals surface area contributed by atoms with Crippen molar-refractivity contribution in [1.82, 2.24) is 5.32 Å². The van der Waals surface area contributed by atoms with Crippen molar-refractivity contribution in [3.8, 4) is 23.0 Å². The quantitative estimate of drug-likeness (QED) is 0.354. The van der Waals surface area contributed by atoms with Crippen molar-refractivity contribution in [3.63, 3.8) is 0 Å². The standard InChI is InChI=1S/C27H26N2O8/c1-34-19-12-18(24(37-4)23(15-19)36-3)14-21(29-25(30)16-8-6-5-7-9-16)26(31)28-20-13-17(27(32)33)10-11-22(20)35-2/h5-15H,1-4H3,(H,28,31)(H,29,30)(H,32,33)/b21-14+. The predicted molar refractivity (Wildman–Crippen MR) is 137 cm³/mol. The summed E-state index contributed by atoms with van der Waals surface area (Å²) in [6, 6.07) is 15.6. The number of hydrogen-bond donors (Lipinski definition) is 3. The van der Waals surface area contributed by atoms with Crippen molar-refractivity contribution in [2.75, 3.05) is 33.8 Å². The summed E-state index contributed by atoms with van der Waals surface area (Å²) in [5.74, 6) is -1.16. The second-order valence-electron chi connectivity index (χ2n) is 7.50. The van der Waals surface area contributed by atoms with Crippen LogP contribution >= 0.6 is 0 Å². The minimum Gasteiger partial charge on any atom is -0.497 e. The van der Waals surface area contributed by atoms with E-state index in [-0.39, 0.29) is 22.7 Å². The van der Waals surface area contributed by atoms with Crippen LogP contribution in [-0.2, 0) is 4.79 Å². The summed E-state index contributed by atoms with van der Waals surface area (Å²) in [6.45, 7) is 0. The van der Waals surface area contributed by atoms with Crippen LogP contribution in [0.5, 0.6) is 23.0 Å². The van der Waals surface area contributed by atoms with Crippen molar-refractivity contribution < 1.29 is 38.4 Å². The van der Waals surface area contributed by atoms with Crippen molar-refractivity contribution >= 4 is 29.5 Å². The minimum atomic E-state index is -1.18. The Bertz CT molecular complexity index is 1340. The molecule has 0 aliphatic carbocycles. The third kappa shape index (κ3) is 6.37. The summed E-state index contributed by atoms with van der Waals surface area (Å²) in [5.41, 5.74) is 0.576. The van der Waals surface area contributed by atoms with Gasteiger partial charge >= 0.3 is 5.97 Å². The molecule has 0 aliphatic heterocycles. The Morgan fingerprint density at radius 1 is 0.784 bits per heavy atom. The van der Waals surface area contributed by atoms with Gasteiger partial charge in [-0.05, 0) is 42.5 Å². The maximum absolute atomic E-state index is 13.4. The smallest absolute Gasteiger partial charge is 0.335 e. The Hall–Kier alpha value is -4.99. The number of carbonyl (C=O) groups excluding carboxylic acids is 2. The number of anilines is 1. The number of amides is 2. The van der Waals surface area contributed by atoms with E-state index in [0.29, 0.717) is 28.4 Å². The first-order chi connectivity index (χ1) is 17.8. The normalized spacial score (nSPS) is 10.8. The molecule has 0 saturated carbocycles. The van der Waals surface area contributed by atoms with E-state index in [1.807, 2.05) is 0 Å². The van der Waals surface area contributed by atoms with Crippen LogP contribution in [0.3, 0.4) is 0 Å². The molecular formula is C27H26N2O8. The SMILES string of the molecule is COc1cc(/C=C(/NC(=O)c2ccccc2)C(=O)Nc2cc(C(=O)O)ccc2OC)c(OC)c(OC)c1. The third-order valence-corrected chi connectivity index (χ3v) is 5.24. The molecule has 37 heavy (non-hydrogen) atoms. The van der Waals surface area contributed by atoms with Gasteiger partial charge < -0.3 is 34.7 Å². The number of carboxylic acid groups (broad SMARTS) is 1. The summed E-state index contributed by atoms with van der Waals surface area (Å²) < 4.78 is 21.4. The Morgan fingerprint density at radius 2 is 1.49 bits per heavy atom. The van der Waals surface area contributed by atoms with Crippen LogP contribution in [0.15, 0.2) is 66.4 Å². The second kappa shape index (κ2) is 12.1. The van der Waals surface area contributed by atoms with Crippen molar-refractivity contribution in [3.05, 3.63) is 83.1 Å². The van der Waals surface area contributed by atoms with E-state index in [1.54, 1.807) is 42.5 Å². The average Bonchev–Trinajstić information content (AvgIpc) is 2.92. The van der Waals surface area contributed by atoms with E-state index >= 15 is 0 Å². The van der Waals surface area contributed by atoms with E-state index in [1.165, 1.54) is 52.7 Å². The molecule has 3 aromatic carbocycles. The summed E-state index contributed by atoms with van der Waals surface area (Å²) in [7, 11) is 5.75. The molecule has 0 spiro atoms. The average molecular weight is 507 g/mol. The largest absolute Gasteiger partial charge is 0.497 e. The van der Waals surface area contributed by atoms with Crippen LogP contribution in [0.4, 0.5) is 5.69 Å². The topological polar surface area (TPSA) is 132 Å². The van der Waals surface area contributed by atoms with Crippen LogP contribution in [0.1, 0.15) is 26.3 Å². The number of benzene rings is 3. The Kier molecular flexibility index (Phi) is 8.71. The van der Waals surface area contributed by atoms with Crippen LogP contribution in [0, 0.1) is 0 Å². The highest BCUT2D eigenvalue weighted by Crippen LogP contribution is 2.37. The van der Waals surface area contributed by atoms with E-state index in [0.717, 1.165) is 0 Å². The lowest BCUT2D eigenvalue weighted by molar-refractivity contribution is -0.113. The van der Waals surface area contributed by atoms with E-state index in [4.69, 9.17) is 18.9 Å². The lowest BCUT2D eigenvalue weighted by Gasteiger charge is -2.16. The molecule has 3 aromatic rings. The van der Waals surface area contributed by atoms with Crippen molar-refractivity contribution in [1.29, 1.82) is 0 Å². The Labute approximate surface area is 213 Å². The number of rotatable bonds is 10. The van der Waals surface area contributed by atoms with Gasteiger partial charge in [-0.15, -0.1) is 0 Å². The summed E-state index contributed by atoms with van der Waals surface area (Å²) in [4.78, 5) is 37.8. The van der Waals surface area contributed by atoms with Gasteiger partial charge in [0.05, 0.1) is 39.7 Å². The number of carbonyl (C=O) groups is 3. The minimum absolute atomic E-state index is 0.0610. The first-order valence-electron chi connectivity index (χ1n) is 10.9. The molecule has 0 saturated heterocycles. The number of aromatic carboxylic acids is 1. The number of ether oxygens (including phenoxy) is 4. The first-order valence-corrected chi connectivity index (χ1v) is 10.9. The second-order valence-corrected chi connectivity index (χ2v) is 7.50. The molecule has 3 rings (SSSR count). The van der Waals surface area contributed by atoms with Gasteiger partial charge in [0.25, 0.3) is 11.8 Å². The molecule has 10 nitrogen and oxygen atoms in total. The zero-order valence-corrected chi connectivity index (χ0v) is 20.7. The monoisotopic (exact) mass is 506 g/mol. The Morgan fingerprint density at radius 3 is 2.08 bits per heavy atom. The molecule has 3 N–H and O–H groups in total. The summed E-state index contributed by atoms with van der Waals surface area (Å²) in [6.07, 6.45) is 1.40. The zero-order valence-electron chi connectivity index (χ0n) is 20.7. The number of hydrogen-bond acceptors (Lipinski definition) is 7. The predicted octanol–water partition coefficient (Wildman–Crippen LogP) is 3.83. The number of carboxylic acids is 1. The van der Waals surface area contributed by atoms with Gasteiger partial charge in [-0.3, -0.25) is 9.59 Å². The summed E-state index contributed by atoms with van der Waals surface area (Å²) >= 11 is 0. The molecule has 0 aliphatic rings. The number of nitrogens with one attached hydrogen (secondary N) is 2. The fourth-order valence-corrected chi connectivity index (χ4v) is 3.42. The lowest BCUT2D eigenvalue weighted by Crippen LogP contribution is -2.31. The van der Waals surface area contributed by atoms with Gasteiger partial charge in [0.15, 0.2) is 11.5 Å². The van der Waals surface area contributed by atoms with Crippen LogP contribution in [-0.4, -0.2) is 51.3 Å². The van der Waals surface area contributed by atoms with Gasteiger partial charge in [0.2, 0.25) is 0 Å². The Balaban J connectivity index is 2.10. The molecule has 0 unspecified atom stereocenters. The molecule has 2 amide bonds. The van der Waals surface area contributed by atoms with Gasteiger partial charge in [0.1, 0.15) is 17.2 Å². The maximum Gasteiger partial charge on any atom is 0.335 e. The van der Waals surface area contributed by atoms with E-state index in [2.05, 4.69) is 10.6 Å². The molecular weight excluding hydrogens is 480 g/mol. The first kappa shape index (κ1) is 26.6. The third-order valence-electron chi connectivity index (χ3n) is 5.24. The van der Waals surface area contributed by atoms with Gasteiger partial charge in [-0.1, -0.05) is 18.2 Å². The molecule has 0 aromatic heterocycles. The van der Waals surface area contributed by atoms with E-state index in [9.17, 15) is 19.5 Å². The fourth-order valence-electron chi connectivity index (χ4n) is 3.42. The molecule has 0 heterocycles. The van der Waals surface area contributed by atoms with Crippen LogP contribution in [0.25, 0.3) is 6.08 Å². The molecule has 0 fully saturated rings. The van der Waals surface area contributed by atoms with E-state index < -0.39 is 17.8 Å². The van der Waals surface area contributed by atoms with Gasteiger partial charge in [0, 0.05) is 17.2 Å². The van der Waals surface area contributed by atoms with Gasteiger partial charge in [-0.2, -0.15) is 0 Å². The fraction of sp³-hybridized carbons (Fsp3) is 0.148. The number of methoxy groups -OCH3 is 4. The summed E-state index contributed by atoms with van der Waals surface area (Å²) in [5, 5.41) is 14.6. The highest BCUT2D eigenvalue weighted by Gasteiger charge is 2.20. The lowest BCUT2D eigenvalue weighted by atomic mass is 10.1. The highest BCUT2D eigenvalue weighted by molar-refractivity contribution is 6.11. The van der Waals surface area contributed by atoms with Gasteiger partial charge in [-0.25, -0.2) is 4.79 Å². The molecule has 10 heteroatoms. The molecule has 192 valence electrons. The highest BCUT2D eigenvalue weighted by atomic mass is 16.5.